The van der Waals surface area contributed by atoms with E-state index in [-0.39, 0.29) is 11.5 Å². The Kier molecular flexibility index (Phi) is 4.31. The van der Waals surface area contributed by atoms with Crippen LogP contribution in [0.15, 0.2) is 35.1 Å². The molecule has 2 aliphatic rings. The van der Waals surface area contributed by atoms with Crippen LogP contribution in [-0.4, -0.2) is 66.1 Å². The minimum Gasteiger partial charge on any atom is -0.379 e. The number of benzene rings is 1. The SMILES string of the molecule is C[C@@H]1CN(C(=O)c2cc(=O)[nH]c3ccccc23)C[C@@H]1N1CCOCC1. The van der Waals surface area contributed by atoms with Crippen LogP contribution in [0.1, 0.15) is 17.3 Å². The smallest absolute Gasteiger partial charge is 0.254 e. The molecular formula is C19H23N3O3. The minimum absolute atomic E-state index is 0.0510. The summed E-state index contributed by atoms with van der Waals surface area (Å²) in [6.07, 6.45) is 0. The van der Waals surface area contributed by atoms with Crippen LogP contribution in [0.4, 0.5) is 0 Å². The van der Waals surface area contributed by atoms with Gasteiger partial charge in [0.25, 0.3) is 5.91 Å². The molecule has 2 aliphatic heterocycles. The van der Waals surface area contributed by atoms with Crippen molar-refractivity contribution in [1.29, 1.82) is 0 Å². The van der Waals surface area contributed by atoms with Gasteiger partial charge in [0, 0.05) is 49.2 Å². The van der Waals surface area contributed by atoms with E-state index < -0.39 is 0 Å². The second kappa shape index (κ2) is 6.61. The third-order valence-corrected chi connectivity index (χ3v) is 5.36. The van der Waals surface area contributed by atoms with Gasteiger partial charge >= 0.3 is 0 Å². The van der Waals surface area contributed by atoms with Gasteiger partial charge in [-0.2, -0.15) is 0 Å². The van der Waals surface area contributed by atoms with E-state index in [1.807, 2.05) is 29.2 Å². The van der Waals surface area contributed by atoms with Crippen molar-refractivity contribution < 1.29 is 9.53 Å². The molecule has 25 heavy (non-hydrogen) atoms. The first-order valence-electron chi connectivity index (χ1n) is 8.86. The topological polar surface area (TPSA) is 65.6 Å². The number of hydrogen-bond donors (Lipinski definition) is 1. The number of rotatable bonds is 2. The summed E-state index contributed by atoms with van der Waals surface area (Å²) in [5.41, 5.74) is 0.962. The number of nitrogens with zero attached hydrogens (tertiary/aromatic N) is 2. The number of nitrogens with one attached hydrogen (secondary N) is 1. The Hall–Kier alpha value is -2.18. The number of likely N-dealkylation sites (tertiary alicyclic amines) is 1. The number of ether oxygens (including phenoxy) is 1. The van der Waals surface area contributed by atoms with Crippen molar-refractivity contribution in [2.24, 2.45) is 5.92 Å². The zero-order valence-electron chi connectivity index (χ0n) is 14.4. The molecule has 3 heterocycles. The van der Waals surface area contributed by atoms with Crippen LogP contribution >= 0.6 is 0 Å². The Morgan fingerprint density at radius 2 is 1.96 bits per heavy atom. The van der Waals surface area contributed by atoms with E-state index in [9.17, 15) is 9.59 Å². The maximum atomic E-state index is 13.1. The fourth-order valence-electron chi connectivity index (χ4n) is 4.05. The van der Waals surface area contributed by atoms with E-state index in [1.54, 1.807) is 0 Å². The number of morpholine rings is 1. The lowest BCUT2D eigenvalue weighted by molar-refractivity contribution is 0.0119. The maximum Gasteiger partial charge on any atom is 0.254 e. The summed E-state index contributed by atoms with van der Waals surface area (Å²) in [5, 5.41) is 0.801. The molecule has 132 valence electrons. The number of aromatic amines is 1. The van der Waals surface area contributed by atoms with E-state index in [2.05, 4.69) is 16.8 Å². The number of para-hydroxylation sites is 1. The van der Waals surface area contributed by atoms with Crippen molar-refractivity contribution in [3.05, 3.63) is 46.2 Å². The van der Waals surface area contributed by atoms with E-state index >= 15 is 0 Å². The number of carbonyl (C=O) groups excluding carboxylic acids is 1. The Balaban J connectivity index is 1.61. The van der Waals surface area contributed by atoms with Crippen molar-refractivity contribution >= 4 is 16.8 Å². The molecule has 0 spiro atoms. The number of carbonyl (C=O) groups is 1. The Labute approximate surface area is 146 Å². The van der Waals surface area contributed by atoms with Gasteiger partial charge in [0.2, 0.25) is 5.56 Å². The van der Waals surface area contributed by atoms with Crippen LogP contribution in [0, 0.1) is 5.92 Å². The molecule has 6 nitrogen and oxygen atoms in total. The highest BCUT2D eigenvalue weighted by molar-refractivity contribution is 6.06. The van der Waals surface area contributed by atoms with Crippen LogP contribution in [0.3, 0.4) is 0 Å². The zero-order chi connectivity index (χ0) is 17.4. The third-order valence-electron chi connectivity index (χ3n) is 5.36. The lowest BCUT2D eigenvalue weighted by Gasteiger charge is -2.34. The molecule has 0 aliphatic carbocycles. The molecule has 0 bridgehead atoms. The van der Waals surface area contributed by atoms with E-state index in [0.717, 1.165) is 38.2 Å². The molecule has 2 aromatic rings. The monoisotopic (exact) mass is 341 g/mol. The summed E-state index contributed by atoms with van der Waals surface area (Å²) in [4.78, 5) is 32.2. The van der Waals surface area contributed by atoms with Gasteiger partial charge in [-0.15, -0.1) is 0 Å². The van der Waals surface area contributed by atoms with Gasteiger partial charge in [-0.1, -0.05) is 25.1 Å². The standard InChI is InChI=1S/C19H23N3O3/c1-13-11-22(12-17(13)21-6-8-25-9-7-21)19(24)15-10-18(23)20-16-5-3-2-4-14(15)16/h2-5,10,13,17H,6-9,11-12H2,1H3,(H,20,23)/t13-,17+/m1/s1. The van der Waals surface area contributed by atoms with Gasteiger partial charge < -0.3 is 14.6 Å². The molecule has 1 amide bonds. The second-order valence-corrected chi connectivity index (χ2v) is 7.00. The van der Waals surface area contributed by atoms with Crippen molar-refractivity contribution in [2.45, 2.75) is 13.0 Å². The quantitative estimate of drug-likeness (QED) is 0.895. The molecule has 2 atom stereocenters. The van der Waals surface area contributed by atoms with Crippen LogP contribution < -0.4 is 5.56 Å². The Morgan fingerprint density at radius 1 is 1.20 bits per heavy atom. The number of H-pyrrole nitrogens is 1. The van der Waals surface area contributed by atoms with Gasteiger partial charge in [0.1, 0.15) is 0 Å². The fraction of sp³-hybridized carbons (Fsp3) is 0.474. The lowest BCUT2D eigenvalue weighted by atomic mass is 10.0. The highest BCUT2D eigenvalue weighted by Crippen LogP contribution is 2.25. The van der Waals surface area contributed by atoms with Crippen molar-refractivity contribution in [2.75, 3.05) is 39.4 Å². The highest BCUT2D eigenvalue weighted by atomic mass is 16.5. The van der Waals surface area contributed by atoms with E-state index in [1.165, 1.54) is 6.07 Å². The molecule has 1 aromatic heterocycles. The number of amides is 1. The number of hydrogen-bond acceptors (Lipinski definition) is 4. The van der Waals surface area contributed by atoms with Gasteiger partial charge in [-0.25, -0.2) is 0 Å². The van der Waals surface area contributed by atoms with Gasteiger partial charge in [-0.05, 0) is 12.0 Å². The first-order valence-corrected chi connectivity index (χ1v) is 8.86. The molecule has 2 fully saturated rings. The van der Waals surface area contributed by atoms with Crippen molar-refractivity contribution in [1.82, 2.24) is 14.8 Å². The first kappa shape index (κ1) is 16.3. The number of fused-ring (bicyclic) bond motifs is 1. The Morgan fingerprint density at radius 3 is 2.76 bits per heavy atom. The summed E-state index contributed by atoms with van der Waals surface area (Å²) in [5.74, 6) is 0.361. The third kappa shape index (κ3) is 3.07. The maximum absolute atomic E-state index is 13.1. The molecular weight excluding hydrogens is 318 g/mol. The molecule has 6 heteroatoms. The van der Waals surface area contributed by atoms with Crippen LogP contribution in [0.5, 0.6) is 0 Å². The predicted octanol–water partition coefficient (Wildman–Crippen LogP) is 1.32. The molecule has 1 N–H and O–H groups in total. The minimum atomic E-state index is -0.237. The molecule has 0 saturated carbocycles. The predicted molar refractivity (Wildman–Crippen MR) is 95.8 cm³/mol. The van der Waals surface area contributed by atoms with Gasteiger partial charge in [0.15, 0.2) is 0 Å². The van der Waals surface area contributed by atoms with Crippen LogP contribution in [0.25, 0.3) is 10.9 Å². The van der Waals surface area contributed by atoms with E-state index in [0.29, 0.717) is 29.6 Å². The van der Waals surface area contributed by atoms with E-state index in [4.69, 9.17) is 4.74 Å². The highest BCUT2D eigenvalue weighted by Gasteiger charge is 2.37. The van der Waals surface area contributed by atoms with Crippen molar-refractivity contribution in [3.8, 4) is 0 Å². The average molecular weight is 341 g/mol. The molecule has 4 rings (SSSR count). The zero-order valence-corrected chi connectivity index (χ0v) is 14.4. The summed E-state index contributed by atoms with van der Waals surface area (Å²) in [7, 11) is 0. The first-order chi connectivity index (χ1) is 12.1. The summed E-state index contributed by atoms with van der Waals surface area (Å²) in [6.45, 7) is 6.99. The lowest BCUT2D eigenvalue weighted by Crippen LogP contribution is -2.47. The summed E-state index contributed by atoms with van der Waals surface area (Å²) < 4.78 is 5.44. The number of pyridine rings is 1. The second-order valence-electron chi connectivity index (χ2n) is 7.00. The molecule has 0 unspecified atom stereocenters. The van der Waals surface area contributed by atoms with Gasteiger partial charge in [-0.3, -0.25) is 14.5 Å². The normalized spacial score (nSPS) is 24.8. The molecule has 1 aromatic carbocycles. The largest absolute Gasteiger partial charge is 0.379 e. The number of aromatic nitrogens is 1. The van der Waals surface area contributed by atoms with Gasteiger partial charge in [0.05, 0.1) is 18.8 Å². The van der Waals surface area contributed by atoms with Crippen molar-refractivity contribution in [3.63, 3.8) is 0 Å². The molecule has 0 radical (unpaired) electrons. The van der Waals surface area contributed by atoms with Crippen LogP contribution in [-0.2, 0) is 4.74 Å². The van der Waals surface area contributed by atoms with Crippen LogP contribution in [0.2, 0.25) is 0 Å². The molecule has 2 saturated heterocycles. The summed E-state index contributed by atoms with van der Waals surface area (Å²) >= 11 is 0. The fourth-order valence-corrected chi connectivity index (χ4v) is 4.05. The summed E-state index contributed by atoms with van der Waals surface area (Å²) in [6, 6.07) is 9.26. The average Bonchev–Trinajstić information content (AvgIpc) is 3.03. The Bertz CT molecular complexity index is 841.